The highest BCUT2D eigenvalue weighted by Crippen LogP contribution is 2.40. The molecular formula is C23H31N3O4. The highest BCUT2D eigenvalue weighted by molar-refractivity contribution is 5.92. The van der Waals surface area contributed by atoms with Gasteiger partial charge in [0.15, 0.2) is 11.5 Å². The summed E-state index contributed by atoms with van der Waals surface area (Å²) in [6.07, 6.45) is 0. The number of nitrogens with zero attached hydrogens (tertiary/aromatic N) is 2. The van der Waals surface area contributed by atoms with Gasteiger partial charge in [-0.1, -0.05) is 18.2 Å². The second-order valence-electron chi connectivity index (χ2n) is 7.46. The summed E-state index contributed by atoms with van der Waals surface area (Å²) in [5.41, 5.74) is 3.03. The van der Waals surface area contributed by atoms with Crippen molar-refractivity contribution in [2.24, 2.45) is 0 Å². The van der Waals surface area contributed by atoms with Crippen LogP contribution in [0.3, 0.4) is 0 Å². The van der Waals surface area contributed by atoms with Crippen molar-refractivity contribution in [1.82, 2.24) is 9.80 Å². The average Bonchev–Trinajstić information content (AvgIpc) is 2.74. The van der Waals surface area contributed by atoms with Crippen molar-refractivity contribution in [2.45, 2.75) is 13.5 Å². The van der Waals surface area contributed by atoms with Crippen LogP contribution in [-0.4, -0.2) is 69.8 Å². The number of benzene rings is 2. The number of anilines is 1. The Labute approximate surface area is 178 Å². The molecule has 7 heteroatoms. The van der Waals surface area contributed by atoms with E-state index < -0.39 is 0 Å². The molecule has 0 aromatic heterocycles. The molecule has 0 atom stereocenters. The van der Waals surface area contributed by atoms with Gasteiger partial charge < -0.3 is 19.5 Å². The van der Waals surface area contributed by atoms with Crippen molar-refractivity contribution in [3.63, 3.8) is 0 Å². The predicted octanol–water partition coefficient (Wildman–Crippen LogP) is 2.78. The lowest BCUT2D eigenvalue weighted by Crippen LogP contribution is -2.48. The van der Waals surface area contributed by atoms with E-state index in [2.05, 4.69) is 15.1 Å². The molecule has 1 heterocycles. The Balaban J connectivity index is 1.53. The lowest BCUT2D eigenvalue weighted by atomic mass is 10.1. The Morgan fingerprint density at radius 2 is 1.63 bits per heavy atom. The molecule has 3 rings (SSSR count). The van der Waals surface area contributed by atoms with E-state index in [9.17, 15) is 4.79 Å². The smallest absolute Gasteiger partial charge is 0.238 e. The van der Waals surface area contributed by atoms with Crippen molar-refractivity contribution in [3.05, 3.63) is 47.5 Å². The summed E-state index contributed by atoms with van der Waals surface area (Å²) in [6.45, 7) is 6.63. The van der Waals surface area contributed by atoms with Crippen LogP contribution < -0.4 is 19.5 Å². The van der Waals surface area contributed by atoms with Gasteiger partial charge in [0.2, 0.25) is 11.7 Å². The summed E-state index contributed by atoms with van der Waals surface area (Å²) in [5.74, 6) is 2.00. The first kappa shape index (κ1) is 21.9. The topological polar surface area (TPSA) is 63.3 Å². The van der Waals surface area contributed by atoms with Crippen molar-refractivity contribution in [3.8, 4) is 17.2 Å². The van der Waals surface area contributed by atoms with Gasteiger partial charge in [0.25, 0.3) is 0 Å². The molecule has 1 aliphatic heterocycles. The third-order valence-corrected chi connectivity index (χ3v) is 5.31. The molecule has 0 unspecified atom stereocenters. The predicted molar refractivity (Wildman–Crippen MR) is 118 cm³/mol. The van der Waals surface area contributed by atoms with Gasteiger partial charge in [0, 0.05) is 44.0 Å². The number of ether oxygens (including phenoxy) is 3. The summed E-state index contributed by atoms with van der Waals surface area (Å²) in [6, 6.07) is 11.8. The van der Waals surface area contributed by atoms with Crippen LogP contribution in [-0.2, 0) is 11.3 Å². The largest absolute Gasteiger partial charge is 0.493 e. The summed E-state index contributed by atoms with van der Waals surface area (Å²) in [5, 5.41) is 2.98. The molecule has 1 fully saturated rings. The van der Waals surface area contributed by atoms with Crippen LogP contribution in [0.4, 0.5) is 5.69 Å². The van der Waals surface area contributed by atoms with Gasteiger partial charge >= 0.3 is 0 Å². The van der Waals surface area contributed by atoms with Gasteiger partial charge in [-0.25, -0.2) is 0 Å². The molecule has 2 aromatic carbocycles. The van der Waals surface area contributed by atoms with Crippen LogP contribution >= 0.6 is 0 Å². The SMILES string of the molecule is COc1ccc(CN2CCN(CC(=O)Nc3cccc(C)c3)CC2)c(OC)c1OC. The minimum absolute atomic E-state index is 0.0237. The van der Waals surface area contributed by atoms with Crippen LogP contribution in [0, 0.1) is 6.92 Å². The third kappa shape index (κ3) is 5.43. The quantitative estimate of drug-likeness (QED) is 0.718. The molecule has 0 radical (unpaired) electrons. The van der Waals surface area contributed by atoms with E-state index in [1.165, 1.54) is 0 Å². The minimum atomic E-state index is 0.0237. The first-order valence-corrected chi connectivity index (χ1v) is 10.1. The molecule has 2 aromatic rings. The fourth-order valence-electron chi connectivity index (χ4n) is 3.76. The van der Waals surface area contributed by atoms with E-state index in [-0.39, 0.29) is 5.91 Å². The standard InChI is InChI=1S/C23H31N3O4/c1-17-6-5-7-19(14-17)24-21(27)16-26-12-10-25(11-13-26)15-18-8-9-20(28-2)23(30-4)22(18)29-3/h5-9,14H,10-13,15-16H2,1-4H3,(H,24,27). The summed E-state index contributed by atoms with van der Waals surface area (Å²) < 4.78 is 16.4. The van der Waals surface area contributed by atoms with Crippen LogP contribution in [0.1, 0.15) is 11.1 Å². The average molecular weight is 414 g/mol. The number of aryl methyl sites for hydroxylation is 1. The maximum absolute atomic E-state index is 12.4. The van der Waals surface area contributed by atoms with Gasteiger partial charge in [0.1, 0.15) is 0 Å². The van der Waals surface area contributed by atoms with Crippen molar-refractivity contribution < 1.29 is 19.0 Å². The third-order valence-electron chi connectivity index (χ3n) is 5.31. The van der Waals surface area contributed by atoms with Gasteiger partial charge in [-0.2, -0.15) is 0 Å². The molecule has 7 nitrogen and oxygen atoms in total. The van der Waals surface area contributed by atoms with E-state index in [1.54, 1.807) is 21.3 Å². The second-order valence-corrected chi connectivity index (χ2v) is 7.46. The second kappa shape index (κ2) is 10.3. The molecule has 0 saturated carbocycles. The minimum Gasteiger partial charge on any atom is -0.493 e. The Morgan fingerprint density at radius 3 is 2.27 bits per heavy atom. The van der Waals surface area contributed by atoms with E-state index in [0.717, 1.165) is 49.5 Å². The molecule has 0 bridgehead atoms. The van der Waals surface area contributed by atoms with Crippen molar-refractivity contribution >= 4 is 11.6 Å². The number of carbonyl (C=O) groups excluding carboxylic acids is 1. The summed E-state index contributed by atoms with van der Waals surface area (Å²) in [4.78, 5) is 16.9. The number of piperazine rings is 1. The van der Waals surface area contributed by atoms with Crippen LogP contribution in [0.15, 0.2) is 36.4 Å². The molecule has 1 N–H and O–H groups in total. The number of hydrogen-bond donors (Lipinski definition) is 1. The van der Waals surface area contributed by atoms with Crippen LogP contribution in [0.2, 0.25) is 0 Å². The fourth-order valence-corrected chi connectivity index (χ4v) is 3.76. The molecule has 1 aliphatic rings. The molecule has 1 amide bonds. The van der Waals surface area contributed by atoms with Crippen LogP contribution in [0.25, 0.3) is 0 Å². The lowest BCUT2D eigenvalue weighted by molar-refractivity contribution is -0.117. The summed E-state index contributed by atoms with van der Waals surface area (Å²) >= 11 is 0. The number of nitrogens with one attached hydrogen (secondary N) is 1. The van der Waals surface area contributed by atoms with Crippen molar-refractivity contribution in [1.29, 1.82) is 0 Å². The number of carbonyl (C=O) groups is 1. The normalized spacial score (nSPS) is 14.9. The summed E-state index contributed by atoms with van der Waals surface area (Å²) in [7, 11) is 4.88. The molecule has 162 valence electrons. The lowest BCUT2D eigenvalue weighted by Gasteiger charge is -2.34. The maximum Gasteiger partial charge on any atom is 0.238 e. The number of methoxy groups -OCH3 is 3. The van der Waals surface area contributed by atoms with E-state index in [0.29, 0.717) is 23.8 Å². The highest BCUT2D eigenvalue weighted by Gasteiger charge is 2.22. The molecule has 1 saturated heterocycles. The van der Waals surface area contributed by atoms with Crippen LogP contribution in [0.5, 0.6) is 17.2 Å². The molecular weight excluding hydrogens is 382 g/mol. The fraction of sp³-hybridized carbons (Fsp3) is 0.435. The zero-order valence-electron chi connectivity index (χ0n) is 18.2. The first-order valence-electron chi connectivity index (χ1n) is 10.1. The molecule has 30 heavy (non-hydrogen) atoms. The monoisotopic (exact) mass is 413 g/mol. The zero-order valence-corrected chi connectivity index (χ0v) is 18.2. The number of rotatable bonds is 8. The Bertz CT molecular complexity index is 864. The molecule has 0 aliphatic carbocycles. The molecule has 0 spiro atoms. The first-order chi connectivity index (χ1) is 14.5. The van der Waals surface area contributed by atoms with Gasteiger partial charge in [-0.05, 0) is 30.7 Å². The van der Waals surface area contributed by atoms with E-state index in [4.69, 9.17) is 14.2 Å². The number of hydrogen-bond acceptors (Lipinski definition) is 6. The Hall–Kier alpha value is -2.77. The van der Waals surface area contributed by atoms with Gasteiger partial charge in [0.05, 0.1) is 27.9 Å². The Morgan fingerprint density at radius 1 is 0.933 bits per heavy atom. The number of amides is 1. The zero-order chi connectivity index (χ0) is 21.5. The van der Waals surface area contributed by atoms with E-state index >= 15 is 0 Å². The van der Waals surface area contributed by atoms with Crippen molar-refractivity contribution in [2.75, 3.05) is 59.4 Å². The highest BCUT2D eigenvalue weighted by atomic mass is 16.5. The Kier molecular flexibility index (Phi) is 7.54. The maximum atomic E-state index is 12.4. The van der Waals surface area contributed by atoms with E-state index in [1.807, 2.05) is 43.3 Å². The van der Waals surface area contributed by atoms with Gasteiger partial charge in [-0.3, -0.25) is 14.6 Å². The van der Waals surface area contributed by atoms with Gasteiger partial charge in [-0.15, -0.1) is 0 Å².